The van der Waals surface area contributed by atoms with Gasteiger partial charge in [0.1, 0.15) is 23.9 Å². The molecule has 1 N–H and O–H groups in total. The van der Waals surface area contributed by atoms with Crippen molar-refractivity contribution in [3.8, 4) is 11.5 Å². The van der Waals surface area contributed by atoms with Gasteiger partial charge >= 0.3 is 0 Å². The summed E-state index contributed by atoms with van der Waals surface area (Å²) in [5.74, 6) is -0.194. The third-order valence-electron chi connectivity index (χ3n) is 5.49. The molecule has 0 spiro atoms. The molecule has 180 valence electrons. The van der Waals surface area contributed by atoms with Gasteiger partial charge < -0.3 is 24.4 Å². The molecular formula is C27H32N2O5. The van der Waals surface area contributed by atoms with E-state index >= 15 is 0 Å². The summed E-state index contributed by atoms with van der Waals surface area (Å²) in [4.78, 5) is 29.5. The molecule has 1 heterocycles. The number of likely N-dealkylation sites (N-methyl/N-ethyl adjacent to an activating group) is 1. The van der Waals surface area contributed by atoms with Gasteiger partial charge in [-0.2, -0.15) is 0 Å². The van der Waals surface area contributed by atoms with Crippen LogP contribution in [0.2, 0.25) is 0 Å². The van der Waals surface area contributed by atoms with E-state index < -0.39 is 17.7 Å². The van der Waals surface area contributed by atoms with Gasteiger partial charge in [-0.1, -0.05) is 31.7 Å². The number of ether oxygens (including phenoxy) is 2. The molecule has 1 amide bonds. The van der Waals surface area contributed by atoms with Crippen molar-refractivity contribution in [3.63, 3.8) is 0 Å². The Bertz CT molecular complexity index is 1040. The molecule has 2 aromatic rings. The van der Waals surface area contributed by atoms with Crippen LogP contribution in [0.3, 0.4) is 0 Å². The van der Waals surface area contributed by atoms with Gasteiger partial charge in [0.05, 0.1) is 18.2 Å². The Hall–Kier alpha value is -3.58. The third kappa shape index (κ3) is 5.66. The minimum Gasteiger partial charge on any atom is -0.507 e. The molecule has 7 heteroatoms. The number of benzene rings is 2. The van der Waals surface area contributed by atoms with Gasteiger partial charge in [0.15, 0.2) is 0 Å². The van der Waals surface area contributed by atoms with Crippen LogP contribution < -0.4 is 9.47 Å². The average molecular weight is 465 g/mol. The summed E-state index contributed by atoms with van der Waals surface area (Å²) in [6.07, 6.45) is 2.54. The van der Waals surface area contributed by atoms with Crippen molar-refractivity contribution < 1.29 is 24.2 Å². The van der Waals surface area contributed by atoms with Gasteiger partial charge in [0.25, 0.3) is 11.7 Å². The largest absolute Gasteiger partial charge is 0.507 e. The van der Waals surface area contributed by atoms with E-state index in [1.54, 1.807) is 42.5 Å². The Balaban J connectivity index is 2.02. The van der Waals surface area contributed by atoms with Crippen molar-refractivity contribution in [1.82, 2.24) is 9.80 Å². The quantitative estimate of drug-likeness (QED) is 0.234. The number of hydrogen-bond donors (Lipinski definition) is 1. The van der Waals surface area contributed by atoms with E-state index in [1.165, 1.54) is 4.90 Å². The van der Waals surface area contributed by atoms with E-state index in [0.29, 0.717) is 48.9 Å². The van der Waals surface area contributed by atoms with Crippen LogP contribution in [0.15, 0.2) is 66.8 Å². The first-order valence-corrected chi connectivity index (χ1v) is 11.4. The Morgan fingerprint density at radius 1 is 1.06 bits per heavy atom. The molecule has 1 saturated heterocycles. The van der Waals surface area contributed by atoms with Crippen molar-refractivity contribution in [3.05, 3.63) is 77.9 Å². The first-order valence-electron chi connectivity index (χ1n) is 11.4. The highest BCUT2D eigenvalue weighted by Gasteiger charge is 2.45. The van der Waals surface area contributed by atoms with Gasteiger partial charge in [0.2, 0.25) is 0 Å². The van der Waals surface area contributed by atoms with Crippen molar-refractivity contribution in [2.45, 2.75) is 19.4 Å². The van der Waals surface area contributed by atoms with Crippen LogP contribution in [0.25, 0.3) is 5.76 Å². The number of ketones is 1. The van der Waals surface area contributed by atoms with Crippen molar-refractivity contribution in [1.29, 1.82) is 0 Å². The lowest BCUT2D eigenvalue weighted by atomic mass is 9.95. The molecule has 0 aliphatic carbocycles. The summed E-state index contributed by atoms with van der Waals surface area (Å²) in [5.41, 5.74) is 1.24. The van der Waals surface area contributed by atoms with Gasteiger partial charge in [-0.25, -0.2) is 0 Å². The van der Waals surface area contributed by atoms with Crippen LogP contribution in [0.5, 0.6) is 11.5 Å². The second-order valence-corrected chi connectivity index (χ2v) is 8.34. The minimum absolute atomic E-state index is 0.0748. The summed E-state index contributed by atoms with van der Waals surface area (Å²) in [6, 6.07) is 13.4. The Kier molecular flexibility index (Phi) is 8.49. The van der Waals surface area contributed by atoms with E-state index in [9.17, 15) is 14.7 Å². The summed E-state index contributed by atoms with van der Waals surface area (Å²) >= 11 is 0. The lowest BCUT2D eigenvalue weighted by Gasteiger charge is -2.26. The van der Waals surface area contributed by atoms with E-state index in [1.807, 2.05) is 38.1 Å². The van der Waals surface area contributed by atoms with Crippen molar-refractivity contribution >= 4 is 17.4 Å². The highest BCUT2D eigenvalue weighted by Crippen LogP contribution is 2.39. The predicted molar refractivity (Wildman–Crippen MR) is 132 cm³/mol. The number of carbonyl (C=O) groups excluding carboxylic acids is 2. The predicted octanol–water partition coefficient (Wildman–Crippen LogP) is 4.02. The van der Waals surface area contributed by atoms with Crippen molar-refractivity contribution in [2.75, 3.05) is 40.4 Å². The smallest absolute Gasteiger partial charge is 0.295 e. The molecule has 0 radical (unpaired) electrons. The maximum absolute atomic E-state index is 13.1. The third-order valence-corrected chi connectivity index (χ3v) is 5.49. The SMILES string of the molecule is C=CCOc1ccc([C@@H]2/C(=C(\O)c3ccc(OCCC)cc3)C(=O)C(=O)N2CCN(C)C)cc1. The van der Waals surface area contributed by atoms with E-state index in [0.717, 1.165) is 6.42 Å². The number of aliphatic hydroxyl groups is 1. The first kappa shape index (κ1) is 25.1. The molecule has 1 aliphatic rings. The first-order chi connectivity index (χ1) is 16.4. The Morgan fingerprint density at radius 3 is 2.26 bits per heavy atom. The van der Waals surface area contributed by atoms with Crippen LogP contribution in [-0.4, -0.2) is 67.0 Å². The summed E-state index contributed by atoms with van der Waals surface area (Å²) in [7, 11) is 3.80. The molecule has 0 unspecified atom stereocenters. The van der Waals surface area contributed by atoms with Crippen LogP contribution in [-0.2, 0) is 9.59 Å². The standard InChI is InChI=1S/C27H32N2O5/c1-5-17-33-21-11-7-19(8-12-21)24-23(26(31)27(32)29(24)16-15-28(3)4)25(30)20-9-13-22(14-10-20)34-18-6-2/h5,7-14,24,30H,1,6,15-18H2,2-4H3/b25-23+/t24-/m1/s1. The van der Waals surface area contributed by atoms with E-state index in [2.05, 4.69) is 6.58 Å². The number of carbonyl (C=O) groups is 2. The molecule has 0 bridgehead atoms. The van der Waals surface area contributed by atoms with Gasteiger partial charge in [-0.15, -0.1) is 0 Å². The zero-order chi connectivity index (χ0) is 24.7. The van der Waals surface area contributed by atoms with Crippen LogP contribution in [0.1, 0.15) is 30.5 Å². The molecular weight excluding hydrogens is 432 g/mol. The zero-order valence-electron chi connectivity index (χ0n) is 20.0. The molecule has 0 saturated carbocycles. The monoisotopic (exact) mass is 464 g/mol. The number of amides is 1. The zero-order valence-corrected chi connectivity index (χ0v) is 20.0. The molecule has 0 aromatic heterocycles. The molecule has 2 aromatic carbocycles. The number of rotatable bonds is 11. The van der Waals surface area contributed by atoms with Crippen molar-refractivity contribution in [2.24, 2.45) is 0 Å². The normalized spacial score (nSPS) is 17.3. The molecule has 3 rings (SSSR count). The maximum Gasteiger partial charge on any atom is 0.295 e. The number of nitrogens with zero attached hydrogens (tertiary/aromatic N) is 2. The Morgan fingerprint density at radius 2 is 1.68 bits per heavy atom. The van der Waals surface area contributed by atoms with E-state index in [4.69, 9.17) is 9.47 Å². The molecule has 7 nitrogen and oxygen atoms in total. The molecule has 34 heavy (non-hydrogen) atoms. The highest BCUT2D eigenvalue weighted by molar-refractivity contribution is 6.46. The maximum atomic E-state index is 13.1. The molecule has 1 aliphatic heterocycles. The lowest BCUT2D eigenvalue weighted by molar-refractivity contribution is -0.140. The topological polar surface area (TPSA) is 79.3 Å². The average Bonchev–Trinajstić information content (AvgIpc) is 3.10. The van der Waals surface area contributed by atoms with Crippen LogP contribution in [0, 0.1) is 0 Å². The molecule has 1 fully saturated rings. The number of aliphatic hydroxyl groups excluding tert-OH is 1. The summed E-state index contributed by atoms with van der Waals surface area (Å²) in [6.45, 7) is 7.55. The number of hydrogen-bond acceptors (Lipinski definition) is 6. The second-order valence-electron chi connectivity index (χ2n) is 8.34. The number of Topliss-reactive ketones (excluding diaryl/α,β-unsaturated/α-hetero) is 1. The van der Waals surface area contributed by atoms with Gasteiger partial charge in [0, 0.05) is 18.7 Å². The fraction of sp³-hybridized carbons (Fsp3) is 0.333. The van der Waals surface area contributed by atoms with E-state index in [-0.39, 0.29) is 11.3 Å². The Labute approximate surface area is 200 Å². The fourth-order valence-corrected chi connectivity index (χ4v) is 3.75. The summed E-state index contributed by atoms with van der Waals surface area (Å²) < 4.78 is 11.2. The van der Waals surface area contributed by atoms with Gasteiger partial charge in [-0.3, -0.25) is 9.59 Å². The van der Waals surface area contributed by atoms with Gasteiger partial charge in [-0.05, 0) is 62.5 Å². The summed E-state index contributed by atoms with van der Waals surface area (Å²) in [5, 5.41) is 11.2. The lowest BCUT2D eigenvalue weighted by Crippen LogP contribution is -2.35. The highest BCUT2D eigenvalue weighted by atomic mass is 16.5. The number of likely N-dealkylation sites (tertiary alicyclic amines) is 1. The minimum atomic E-state index is -0.704. The molecule has 1 atom stereocenters. The fourth-order valence-electron chi connectivity index (χ4n) is 3.75. The second kappa shape index (κ2) is 11.5. The van der Waals surface area contributed by atoms with Crippen LogP contribution in [0.4, 0.5) is 0 Å². The van der Waals surface area contributed by atoms with Crippen LogP contribution >= 0.6 is 0 Å².